The van der Waals surface area contributed by atoms with E-state index in [0.717, 1.165) is 35.5 Å². The van der Waals surface area contributed by atoms with Gasteiger partial charge in [0.15, 0.2) is 0 Å². The summed E-state index contributed by atoms with van der Waals surface area (Å²) in [4.78, 5) is 40.6. The van der Waals surface area contributed by atoms with Gasteiger partial charge in [-0.15, -0.1) is 0 Å². The van der Waals surface area contributed by atoms with Gasteiger partial charge in [-0.05, 0) is 72.6 Å². The third-order valence-corrected chi connectivity index (χ3v) is 7.62. The summed E-state index contributed by atoms with van der Waals surface area (Å²) in [7, 11) is 0. The summed E-state index contributed by atoms with van der Waals surface area (Å²) in [6, 6.07) is 23.4. The van der Waals surface area contributed by atoms with Crippen molar-refractivity contribution in [3.63, 3.8) is 0 Å². The highest BCUT2D eigenvalue weighted by Crippen LogP contribution is 2.35. The summed E-state index contributed by atoms with van der Waals surface area (Å²) in [5.74, 6) is -2.40. The molecule has 1 aliphatic heterocycles. The first-order chi connectivity index (χ1) is 21.9. The largest absolute Gasteiger partial charge is 0.324 e. The van der Waals surface area contributed by atoms with E-state index in [1.807, 2.05) is 53.1 Å². The number of nitrogens with zero attached hydrogens (tertiary/aromatic N) is 5. The van der Waals surface area contributed by atoms with Crippen molar-refractivity contribution < 1.29 is 18.4 Å². The maximum absolute atomic E-state index is 14.2. The summed E-state index contributed by atoms with van der Waals surface area (Å²) >= 11 is 0. The summed E-state index contributed by atoms with van der Waals surface area (Å²) in [6.07, 6.45) is 4.30. The molecule has 0 saturated heterocycles. The summed E-state index contributed by atoms with van der Waals surface area (Å²) in [5.41, 5.74) is 5.65. The number of imidazole rings is 1. The number of carbonyl (C=O) groups is 2. The van der Waals surface area contributed by atoms with E-state index >= 15 is 0 Å². The van der Waals surface area contributed by atoms with Gasteiger partial charge in [0.2, 0.25) is 11.9 Å². The Balaban J connectivity index is 1.23. The Morgan fingerprint density at radius 1 is 0.867 bits per heavy atom. The smallest absolute Gasteiger partial charge is 0.261 e. The van der Waals surface area contributed by atoms with E-state index in [1.54, 1.807) is 42.3 Å². The first kappa shape index (κ1) is 27.8. The zero-order chi connectivity index (χ0) is 31.1. The van der Waals surface area contributed by atoms with E-state index in [0.29, 0.717) is 46.5 Å². The molecule has 2 N–H and O–H groups in total. The maximum Gasteiger partial charge on any atom is 0.261 e. The van der Waals surface area contributed by atoms with Crippen LogP contribution in [0.25, 0.3) is 28.3 Å². The van der Waals surface area contributed by atoms with Crippen LogP contribution in [0.3, 0.4) is 0 Å². The van der Waals surface area contributed by atoms with E-state index in [9.17, 15) is 18.4 Å². The van der Waals surface area contributed by atoms with Crippen molar-refractivity contribution in [2.75, 3.05) is 22.1 Å². The molecule has 45 heavy (non-hydrogen) atoms. The van der Waals surface area contributed by atoms with Gasteiger partial charge in [0.25, 0.3) is 5.91 Å². The quantitative estimate of drug-likeness (QED) is 0.222. The standard InChI is InChI=1S/C34H25F2N7O2/c1-20(44)42-17-14-21-18-24(11-12-28(21)42)39-34-37-15-13-27(40-34)32-31(41-29-10-2-3-16-43(29)32)22-6-4-7-23(19-22)38-33(45)30-25(35)8-5-9-26(30)36/h2-13,15-16,18-19H,14,17H2,1H3,(H,38,45)(H,37,39,40). The van der Waals surface area contributed by atoms with Crippen molar-refractivity contribution in [1.29, 1.82) is 0 Å². The molecule has 0 radical (unpaired) electrons. The number of pyridine rings is 1. The van der Waals surface area contributed by atoms with Gasteiger partial charge in [-0.2, -0.15) is 0 Å². The van der Waals surface area contributed by atoms with Gasteiger partial charge in [-0.25, -0.2) is 23.7 Å². The molecular formula is C34H25F2N7O2. The number of amides is 2. The van der Waals surface area contributed by atoms with Crippen LogP contribution >= 0.6 is 0 Å². The molecule has 7 rings (SSSR count). The van der Waals surface area contributed by atoms with Crippen molar-refractivity contribution in [2.45, 2.75) is 13.3 Å². The van der Waals surface area contributed by atoms with Crippen molar-refractivity contribution in [3.8, 4) is 22.6 Å². The number of hydrogen-bond donors (Lipinski definition) is 2. The lowest BCUT2D eigenvalue weighted by molar-refractivity contribution is -0.116. The van der Waals surface area contributed by atoms with Crippen LogP contribution in [0.4, 0.5) is 31.8 Å². The molecule has 0 bridgehead atoms. The molecule has 3 aromatic carbocycles. The summed E-state index contributed by atoms with van der Waals surface area (Å²) in [6.45, 7) is 2.22. The SMILES string of the molecule is CC(=O)N1CCc2cc(Nc3nccc(-c4c(-c5cccc(NC(=O)c6c(F)cccc6F)c5)nc5ccccn45)n3)ccc21. The van der Waals surface area contributed by atoms with E-state index in [-0.39, 0.29) is 5.91 Å². The Hall–Kier alpha value is -5.97. The minimum atomic E-state index is -0.947. The normalized spacial score (nSPS) is 12.3. The highest BCUT2D eigenvalue weighted by molar-refractivity contribution is 6.05. The molecule has 4 heterocycles. The van der Waals surface area contributed by atoms with Crippen molar-refractivity contribution in [3.05, 3.63) is 120 Å². The van der Waals surface area contributed by atoms with Crippen molar-refractivity contribution in [1.82, 2.24) is 19.4 Å². The van der Waals surface area contributed by atoms with Crippen LogP contribution in [0.2, 0.25) is 0 Å². The van der Waals surface area contributed by atoms with Crippen molar-refractivity contribution in [2.24, 2.45) is 0 Å². The molecule has 0 aliphatic carbocycles. The molecule has 11 heteroatoms. The van der Waals surface area contributed by atoms with Gasteiger partial charge in [0.1, 0.15) is 22.8 Å². The molecule has 0 atom stereocenters. The lowest BCUT2D eigenvalue weighted by Gasteiger charge is -2.15. The van der Waals surface area contributed by atoms with Crippen LogP contribution in [0.1, 0.15) is 22.8 Å². The molecule has 222 valence electrons. The summed E-state index contributed by atoms with van der Waals surface area (Å²) in [5, 5.41) is 5.87. The Labute approximate surface area is 256 Å². The minimum absolute atomic E-state index is 0.0150. The minimum Gasteiger partial charge on any atom is -0.324 e. The van der Waals surface area contributed by atoms with Gasteiger partial charge < -0.3 is 15.5 Å². The van der Waals surface area contributed by atoms with Crippen LogP contribution in [0.15, 0.2) is 97.3 Å². The number of hydrogen-bond acceptors (Lipinski definition) is 6. The molecule has 1 aliphatic rings. The Morgan fingerprint density at radius 3 is 2.51 bits per heavy atom. The number of fused-ring (bicyclic) bond motifs is 2. The second-order valence-electron chi connectivity index (χ2n) is 10.5. The van der Waals surface area contributed by atoms with Gasteiger partial charge in [-0.3, -0.25) is 14.0 Å². The molecule has 3 aromatic heterocycles. The molecular weight excluding hydrogens is 576 g/mol. The van der Waals surface area contributed by atoms with Gasteiger partial charge >= 0.3 is 0 Å². The van der Waals surface area contributed by atoms with E-state index < -0.39 is 23.1 Å². The van der Waals surface area contributed by atoms with Gasteiger partial charge in [0, 0.05) is 48.5 Å². The Kier molecular flexibility index (Phi) is 6.97. The number of halogens is 2. The number of rotatable bonds is 6. The molecule has 2 amide bonds. The number of benzene rings is 3. The average Bonchev–Trinajstić information content (AvgIpc) is 3.63. The molecule has 0 fully saturated rings. The van der Waals surface area contributed by atoms with Crippen LogP contribution in [0.5, 0.6) is 0 Å². The number of aromatic nitrogens is 4. The van der Waals surface area contributed by atoms with E-state index in [4.69, 9.17) is 9.97 Å². The lowest BCUT2D eigenvalue weighted by atomic mass is 10.1. The summed E-state index contributed by atoms with van der Waals surface area (Å²) < 4.78 is 30.4. The fraction of sp³-hybridized carbons (Fsp3) is 0.0882. The third-order valence-electron chi connectivity index (χ3n) is 7.62. The maximum atomic E-state index is 14.2. The fourth-order valence-corrected chi connectivity index (χ4v) is 5.58. The number of anilines is 4. The monoisotopic (exact) mass is 601 g/mol. The van der Waals surface area contributed by atoms with Crippen LogP contribution in [0, 0.1) is 11.6 Å². The lowest BCUT2D eigenvalue weighted by Crippen LogP contribution is -2.25. The second kappa shape index (κ2) is 11.3. The predicted octanol–water partition coefficient (Wildman–Crippen LogP) is 6.64. The molecule has 6 aromatic rings. The highest BCUT2D eigenvalue weighted by atomic mass is 19.1. The molecule has 0 saturated carbocycles. The number of carbonyl (C=O) groups excluding carboxylic acids is 2. The Bertz CT molecular complexity index is 2110. The van der Waals surface area contributed by atoms with Crippen molar-refractivity contribution >= 4 is 40.5 Å². The van der Waals surface area contributed by atoms with Crippen LogP contribution < -0.4 is 15.5 Å². The average molecular weight is 602 g/mol. The fourth-order valence-electron chi connectivity index (χ4n) is 5.58. The topological polar surface area (TPSA) is 105 Å². The molecule has 0 unspecified atom stereocenters. The predicted molar refractivity (Wildman–Crippen MR) is 167 cm³/mol. The molecule has 0 spiro atoms. The van der Waals surface area contributed by atoms with Crippen LogP contribution in [-0.4, -0.2) is 37.7 Å². The van der Waals surface area contributed by atoms with E-state index in [1.165, 1.54) is 6.07 Å². The first-order valence-corrected chi connectivity index (χ1v) is 14.2. The van der Waals surface area contributed by atoms with Gasteiger partial charge in [-0.1, -0.05) is 24.3 Å². The van der Waals surface area contributed by atoms with Crippen LogP contribution in [-0.2, 0) is 11.2 Å². The zero-order valence-corrected chi connectivity index (χ0v) is 24.0. The second-order valence-corrected chi connectivity index (χ2v) is 10.5. The first-order valence-electron chi connectivity index (χ1n) is 14.2. The van der Waals surface area contributed by atoms with E-state index in [2.05, 4.69) is 15.6 Å². The zero-order valence-electron chi connectivity index (χ0n) is 24.0. The number of nitrogens with one attached hydrogen (secondary N) is 2. The van der Waals surface area contributed by atoms with Gasteiger partial charge in [0.05, 0.1) is 17.1 Å². The third kappa shape index (κ3) is 5.24. The Morgan fingerprint density at radius 2 is 1.69 bits per heavy atom. The highest BCUT2D eigenvalue weighted by Gasteiger charge is 2.23. The molecule has 9 nitrogen and oxygen atoms in total.